The molecular weight excluding hydrogens is 394 g/mol. The van der Waals surface area contributed by atoms with Gasteiger partial charge in [-0.3, -0.25) is 4.99 Å². The van der Waals surface area contributed by atoms with Crippen molar-refractivity contribution < 1.29 is 9.47 Å². The number of halogens is 2. The zero-order valence-electron chi connectivity index (χ0n) is 13.5. The monoisotopic (exact) mass is 411 g/mol. The summed E-state index contributed by atoms with van der Waals surface area (Å²) in [5.41, 5.74) is 5.80. The van der Waals surface area contributed by atoms with Crippen LogP contribution in [-0.4, -0.2) is 37.3 Å². The number of fused-ring (bicyclic) bond motifs is 4. The van der Waals surface area contributed by atoms with E-state index >= 15 is 0 Å². The van der Waals surface area contributed by atoms with E-state index in [1.807, 2.05) is 30.1 Å². The maximum absolute atomic E-state index is 6.05. The predicted octanol–water partition coefficient (Wildman–Crippen LogP) is 3.77. The van der Waals surface area contributed by atoms with Crippen LogP contribution >= 0.6 is 27.5 Å². The van der Waals surface area contributed by atoms with Crippen LogP contribution in [0, 0.1) is 0 Å². The Morgan fingerprint density at radius 2 is 1.92 bits per heavy atom. The van der Waals surface area contributed by atoms with E-state index in [0.29, 0.717) is 24.1 Å². The molecule has 7 heteroatoms. The minimum absolute atomic E-state index is 0.423. The molecule has 1 spiro atoms. The number of alkyl halides is 1. The van der Waals surface area contributed by atoms with Crippen molar-refractivity contribution in [2.45, 2.75) is 5.54 Å². The first-order valence-electron chi connectivity index (χ1n) is 7.30. The van der Waals surface area contributed by atoms with E-state index in [1.54, 1.807) is 18.5 Å². The third kappa shape index (κ3) is 3.32. The topological polar surface area (TPSA) is 69.7 Å². The molecule has 2 aliphatic rings. The van der Waals surface area contributed by atoms with E-state index in [-0.39, 0.29) is 0 Å². The number of ether oxygens (including phenoxy) is 2. The molecule has 1 unspecified atom stereocenters. The van der Waals surface area contributed by atoms with Gasteiger partial charge < -0.3 is 15.2 Å². The van der Waals surface area contributed by atoms with Crippen molar-refractivity contribution in [1.82, 2.24) is 4.98 Å². The minimum atomic E-state index is -0.588. The van der Waals surface area contributed by atoms with E-state index in [4.69, 9.17) is 26.1 Å². The van der Waals surface area contributed by atoms with Crippen LogP contribution in [0.5, 0.6) is 11.5 Å². The molecule has 4 rings (SSSR count). The van der Waals surface area contributed by atoms with Gasteiger partial charge in [-0.05, 0) is 25.0 Å². The first-order chi connectivity index (χ1) is 11.8. The number of nitrogens with two attached hydrogens (primary N) is 1. The number of pyridine rings is 1. The number of benzene rings is 1. The number of para-hydroxylation sites is 1. The number of hydrogen-bond acceptors (Lipinski definition) is 5. The molecule has 0 fully saturated rings. The molecule has 1 atom stereocenters. The van der Waals surface area contributed by atoms with Crippen molar-refractivity contribution in [2.24, 2.45) is 10.7 Å². The smallest absolute Gasteiger partial charge is 0.151 e. The molecule has 0 saturated heterocycles. The average Bonchev–Trinajstić information content (AvgIpc) is 2.67. The Balaban J connectivity index is 0.000000487. The third-order valence-electron chi connectivity index (χ3n) is 3.65. The van der Waals surface area contributed by atoms with Crippen molar-refractivity contribution in [1.29, 1.82) is 0 Å². The van der Waals surface area contributed by atoms with Gasteiger partial charge in [-0.15, -0.1) is 0 Å². The predicted molar refractivity (Wildman–Crippen MR) is 101 cm³/mol. The first-order valence-corrected chi connectivity index (χ1v) is 9.26. The molecule has 0 radical (unpaired) electrons. The van der Waals surface area contributed by atoms with Crippen molar-refractivity contribution in [3.63, 3.8) is 0 Å². The molecule has 5 nitrogen and oxygen atoms in total. The quantitative estimate of drug-likeness (QED) is 0.528. The molecule has 2 aliphatic heterocycles. The summed E-state index contributed by atoms with van der Waals surface area (Å²) in [6.45, 7) is 0.996. The fourth-order valence-electron chi connectivity index (χ4n) is 2.77. The van der Waals surface area contributed by atoms with E-state index in [1.165, 1.54) is 7.05 Å². The molecule has 3 heterocycles. The second-order valence-corrected chi connectivity index (χ2v) is 5.18. The lowest BCUT2D eigenvalue weighted by atomic mass is 9.81. The number of rotatable bonds is 0. The number of aromatic nitrogens is 1. The Hall–Kier alpha value is -1.47. The van der Waals surface area contributed by atoms with Gasteiger partial charge in [0.2, 0.25) is 0 Å². The normalized spacial score (nSPS) is 19.7. The lowest BCUT2D eigenvalue weighted by molar-refractivity contribution is 0.114. The van der Waals surface area contributed by atoms with Crippen molar-refractivity contribution in [2.75, 3.05) is 26.1 Å². The van der Waals surface area contributed by atoms with Gasteiger partial charge in [-0.25, -0.2) is 4.98 Å². The average molecular weight is 413 g/mol. The molecule has 0 amide bonds. The Morgan fingerprint density at radius 3 is 2.62 bits per heavy atom. The SMILES string of the molecule is CBr.CN.Clc1cc2c(cn1)Oc1ccccc1C21COCC=N1. The fraction of sp³-hybridized carbons (Fsp3) is 0.294. The van der Waals surface area contributed by atoms with E-state index in [0.717, 1.165) is 16.9 Å². The maximum atomic E-state index is 6.05. The van der Waals surface area contributed by atoms with Crippen molar-refractivity contribution >= 4 is 33.7 Å². The van der Waals surface area contributed by atoms with Gasteiger partial charge in [-0.1, -0.05) is 45.7 Å². The highest BCUT2D eigenvalue weighted by Gasteiger charge is 2.43. The van der Waals surface area contributed by atoms with Gasteiger partial charge in [0.25, 0.3) is 0 Å². The van der Waals surface area contributed by atoms with Crippen LogP contribution in [0.2, 0.25) is 5.15 Å². The van der Waals surface area contributed by atoms with Crippen molar-refractivity contribution in [3.05, 3.63) is 52.8 Å². The highest BCUT2D eigenvalue weighted by Crippen LogP contribution is 2.49. The van der Waals surface area contributed by atoms with Crippen molar-refractivity contribution in [3.8, 4) is 11.5 Å². The Kier molecular flexibility index (Phi) is 6.74. The Bertz CT molecular complexity index is 727. The van der Waals surface area contributed by atoms with Crippen LogP contribution in [-0.2, 0) is 10.3 Å². The molecular formula is C17H19BrClN3O2. The van der Waals surface area contributed by atoms with Crippen LogP contribution in [0.4, 0.5) is 0 Å². The van der Waals surface area contributed by atoms with E-state index < -0.39 is 5.54 Å². The second kappa shape index (κ2) is 8.58. The molecule has 0 saturated carbocycles. The lowest BCUT2D eigenvalue weighted by Gasteiger charge is -2.38. The standard InChI is InChI=1S/C15H11ClN2O2.CH3Br.CH5N/c16-14-7-11-13(8-17-14)20-12-4-2-1-3-10(12)15(11)9-19-6-5-18-15;2*1-2/h1-5,7-8H,6,9H2;1H3;2H2,1H3. The summed E-state index contributed by atoms with van der Waals surface area (Å²) in [4.78, 5) is 8.82. The molecule has 1 aromatic carbocycles. The summed E-state index contributed by atoms with van der Waals surface area (Å²) in [6.07, 6.45) is 3.43. The van der Waals surface area contributed by atoms with Gasteiger partial charge in [0.05, 0.1) is 19.4 Å². The van der Waals surface area contributed by atoms with Gasteiger partial charge in [0.15, 0.2) is 5.75 Å². The first kappa shape index (κ1) is 18.9. The summed E-state index contributed by atoms with van der Waals surface area (Å²) in [5, 5.41) is 0.423. The number of nitrogens with zero attached hydrogens (tertiary/aromatic N) is 2. The van der Waals surface area contributed by atoms with Crippen LogP contribution in [0.15, 0.2) is 41.5 Å². The van der Waals surface area contributed by atoms with Crippen LogP contribution in [0.3, 0.4) is 0 Å². The summed E-state index contributed by atoms with van der Waals surface area (Å²) in [5.74, 6) is 3.27. The maximum Gasteiger partial charge on any atom is 0.151 e. The molecule has 2 N–H and O–H groups in total. The molecule has 24 heavy (non-hydrogen) atoms. The molecule has 2 aromatic rings. The van der Waals surface area contributed by atoms with Gasteiger partial charge in [-0.2, -0.15) is 0 Å². The molecule has 128 valence electrons. The van der Waals surface area contributed by atoms with Crippen LogP contribution in [0.1, 0.15) is 11.1 Å². The zero-order chi connectivity index (χ0) is 17.6. The number of aliphatic imine (C=N–C) groups is 1. The van der Waals surface area contributed by atoms with Crippen LogP contribution < -0.4 is 10.5 Å². The van der Waals surface area contributed by atoms with Gasteiger partial charge in [0, 0.05) is 17.3 Å². The summed E-state index contributed by atoms with van der Waals surface area (Å²) < 4.78 is 11.6. The van der Waals surface area contributed by atoms with Gasteiger partial charge >= 0.3 is 0 Å². The zero-order valence-corrected chi connectivity index (χ0v) is 15.8. The third-order valence-corrected chi connectivity index (χ3v) is 3.85. The molecule has 0 aliphatic carbocycles. The highest BCUT2D eigenvalue weighted by molar-refractivity contribution is 9.08. The van der Waals surface area contributed by atoms with E-state index in [2.05, 4.69) is 26.6 Å². The van der Waals surface area contributed by atoms with Gasteiger partial charge in [0.1, 0.15) is 16.4 Å². The summed E-state index contributed by atoms with van der Waals surface area (Å²) in [7, 11) is 1.50. The highest BCUT2D eigenvalue weighted by atomic mass is 79.9. The van der Waals surface area contributed by atoms with Crippen LogP contribution in [0.25, 0.3) is 0 Å². The summed E-state index contributed by atoms with van der Waals surface area (Å²) in [6, 6.07) is 9.66. The largest absolute Gasteiger partial charge is 0.455 e. The Labute approximate surface area is 155 Å². The Morgan fingerprint density at radius 1 is 1.17 bits per heavy atom. The minimum Gasteiger partial charge on any atom is -0.455 e. The second-order valence-electron chi connectivity index (χ2n) is 4.79. The lowest BCUT2D eigenvalue weighted by Crippen LogP contribution is -2.37. The molecule has 1 aromatic heterocycles. The molecule has 0 bridgehead atoms. The van der Waals surface area contributed by atoms with E-state index in [9.17, 15) is 0 Å². The summed E-state index contributed by atoms with van der Waals surface area (Å²) >= 11 is 8.98. The fourth-order valence-corrected chi connectivity index (χ4v) is 2.92. The number of hydrogen-bond donors (Lipinski definition) is 1.